The number of rotatable bonds is 3. The van der Waals surface area contributed by atoms with Crippen LogP contribution < -0.4 is 10.0 Å². The molecule has 0 aliphatic carbocycles. The van der Waals surface area contributed by atoms with Crippen molar-refractivity contribution in [2.45, 2.75) is 26.3 Å². The van der Waals surface area contributed by atoms with Gasteiger partial charge >= 0.3 is 0 Å². The number of nitrogens with zero attached hydrogens (tertiary/aromatic N) is 2. The lowest BCUT2D eigenvalue weighted by molar-refractivity contribution is 0.357. The second-order valence-corrected chi connectivity index (χ2v) is 10.3. The van der Waals surface area contributed by atoms with Gasteiger partial charge in [0, 0.05) is 5.56 Å². The van der Waals surface area contributed by atoms with Crippen molar-refractivity contribution in [3.63, 3.8) is 0 Å². The lowest BCUT2D eigenvalue weighted by Gasteiger charge is -2.38. The van der Waals surface area contributed by atoms with E-state index in [1.165, 1.54) is 4.31 Å². The fourth-order valence-electron chi connectivity index (χ4n) is 4.51. The minimum atomic E-state index is -4.08. The Hall–Kier alpha value is -4.02. The van der Waals surface area contributed by atoms with Gasteiger partial charge in [0.05, 0.1) is 18.2 Å². The average Bonchev–Trinajstić information content (AvgIpc) is 2.82. The molecule has 0 saturated heterocycles. The lowest BCUT2D eigenvalue weighted by Crippen LogP contribution is -2.39. The van der Waals surface area contributed by atoms with E-state index in [2.05, 4.69) is 6.07 Å². The molecule has 0 bridgehead atoms. The topological polar surface area (TPSA) is 96.4 Å². The number of allylic oxidation sites excluding steroid dienone is 2. The lowest BCUT2D eigenvalue weighted by atomic mass is 9.88. The van der Waals surface area contributed by atoms with Crippen LogP contribution in [0.3, 0.4) is 0 Å². The summed E-state index contributed by atoms with van der Waals surface area (Å²) in [7, 11) is -4.08. The van der Waals surface area contributed by atoms with Gasteiger partial charge in [0.2, 0.25) is 5.88 Å². The number of fused-ring (bicyclic) bond motifs is 2. The highest BCUT2D eigenvalue weighted by atomic mass is 32.2. The molecule has 0 spiro atoms. The van der Waals surface area contributed by atoms with Gasteiger partial charge in [0.1, 0.15) is 16.5 Å². The summed E-state index contributed by atoms with van der Waals surface area (Å²) in [5.74, 6) is -0.769. The molecular weight excluding hydrogens is 446 g/mol. The van der Waals surface area contributed by atoms with Crippen LogP contribution in [-0.4, -0.2) is 8.42 Å². The van der Waals surface area contributed by atoms with Crippen LogP contribution in [0.5, 0.6) is 0 Å². The smallest absolute Gasteiger partial charge is 0.265 e. The summed E-state index contributed by atoms with van der Waals surface area (Å²) in [6.45, 7) is 4.06. The number of anilines is 1. The standard InChI is InChI=1S/C27H23N3O3S/c1-17-11-13-19(14-12-17)24-22(15-28)27(29)33-25-21-9-5-6-10-23(21)30(34(31,32)26(24)25)16-20-8-4-3-7-18(20)2/h3-14,24H,16,29H2,1-2H3. The number of hydrogen-bond acceptors (Lipinski definition) is 5. The Morgan fingerprint density at radius 2 is 1.68 bits per heavy atom. The van der Waals surface area contributed by atoms with Crippen molar-refractivity contribution in [2.75, 3.05) is 4.31 Å². The van der Waals surface area contributed by atoms with E-state index >= 15 is 0 Å². The number of aryl methyl sites for hydroxylation is 2. The third kappa shape index (κ3) is 3.35. The molecule has 5 rings (SSSR count). The zero-order valence-electron chi connectivity index (χ0n) is 18.8. The SMILES string of the molecule is Cc1ccc(C2C(C#N)=C(N)OC3=C2S(=O)(=O)N(Cc2ccccc2C)c2ccccc23)cc1. The molecule has 34 heavy (non-hydrogen) atoms. The number of ether oxygens (including phenoxy) is 1. The van der Waals surface area contributed by atoms with E-state index in [1.54, 1.807) is 12.1 Å². The van der Waals surface area contributed by atoms with E-state index < -0.39 is 15.9 Å². The van der Waals surface area contributed by atoms with Gasteiger partial charge in [0.25, 0.3) is 10.0 Å². The van der Waals surface area contributed by atoms with E-state index in [0.717, 1.165) is 16.7 Å². The number of sulfonamides is 1. The Morgan fingerprint density at radius 3 is 2.38 bits per heavy atom. The van der Waals surface area contributed by atoms with E-state index in [-0.39, 0.29) is 28.7 Å². The molecule has 1 unspecified atom stereocenters. The maximum Gasteiger partial charge on any atom is 0.265 e. The molecule has 0 amide bonds. The second-order valence-electron chi connectivity index (χ2n) is 8.48. The van der Waals surface area contributed by atoms with Crippen LogP contribution in [0.2, 0.25) is 0 Å². The van der Waals surface area contributed by atoms with Crippen molar-refractivity contribution in [3.05, 3.63) is 117 Å². The first-order valence-electron chi connectivity index (χ1n) is 10.9. The second kappa shape index (κ2) is 8.08. The first kappa shape index (κ1) is 21.8. The molecule has 0 fully saturated rings. The molecule has 6 nitrogen and oxygen atoms in total. The van der Waals surface area contributed by atoms with Crippen LogP contribution in [0.15, 0.2) is 89.2 Å². The molecule has 7 heteroatoms. The Kier molecular flexibility index (Phi) is 5.18. The predicted octanol–water partition coefficient (Wildman–Crippen LogP) is 4.83. The quantitative estimate of drug-likeness (QED) is 0.593. The highest BCUT2D eigenvalue weighted by Crippen LogP contribution is 2.51. The molecule has 0 radical (unpaired) electrons. The van der Waals surface area contributed by atoms with E-state index in [4.69, 9.17) is 10.5 Å². The Morgan fingerprint density at radius 1 is 1.00 bits per heavy atom. The summed E-state index contributed by atoms with van der Waals surface area (Å²) < 4.78 is 35.8. The monoisotopic (exact) mass is 469 g/mol. The molecule has 2 N–H and O–H groups in total. The number of nitriles is 1. The highest BCUT2D eigenvalue weighted by molar-refractivity contribution is 7.96. The van der Waals surface area contributed by atoms with Crippen molar-refractivity contribution in [2.24, 2.45) is 5.73 Å². The van der Waals surface area contributed by atoms with Crippen molar-refractivity contribution in [3.8, 4) is 6.07 Å². The predicted molar refractivity (Wildman–Crippen MR) is 131 cm³/mol. The Bertz CT molecular complexity index is 1510. The van der Waals surface area contributed by atoms with Crippen LogP contribution in [0.25, 0.3) is 5.76 Å². The Balaban J connectivity index is 1.77. The number of nitrogens with two attached hydrogens (primary N) is 1. The van der Waals surface area contributed by atoms with E-state index in [9.17, 15) is 13.7 Å². The molecule has 0 aromatic heterocycles. The van der Waals surface area contributed by atoms with E-state index in [1.807, 2.05) is 74.5 Å². The molecule has 0 saturated carbocycles. The fraction of sp³-hybridized carbons (Fsp3) is 0.148. The summed E-state index contributed by atoms with van der Waals surface area (Å²) in [6, 6.07) is 24.5. The third-order valence-electron chi connectivity index (χ3n) is 6.34. The van der Waals surface area contributed by atoms with Gasteiger partial charge in [-0.05, 0) is 42.7 Å². The maximum absolute atomic E-state index is 14.3. The van der Waals surface area contributed by atoms with Crippen molar-refractivity contribution < 1.29 is 13.2 Å². The van der Waals surface area contributed by atoms with Crippen molar-refractivity contribution in [1.29, 1.82) is 5.26 Å². The zero-order chi connectivity index (χ0) is 24.0. The summed E-state index contributed by atoms with van der Waals surface area (Å²) in [6.07, 6.45) is 0. The van der Waals surface area contributed by atoms with E-state index in [0.29, 0.717) is 16.8 Å². The van der Waals surface area contributed by atoms with Crippen molar-refractivity contribution >= 4 is 21.5 Å². The van der Waals surface area contributed by atoms with Crippen molar-refractivity contribution in [1.82, 2.24) is 0 Å². The van der Waals surface area contributed by atoms with Gasteiger partial charge in [-0.25, -0.2) is 8.42 Å². The largest absolute Gasteiger partial charge is 0.439 e. The fourth-order valence-corrected chi connectivity index (χ4v) is 6.42. The van der Waals surface area contributed by atoms with Gasteiger partial charge in [-0.3, -0.25) is 4.31 Å². The van der Waals surface area contributed by atoms with Crippen LogP contribution in [-0.2, 0) is 21.3 Å². The molecular formula is C27H23N3O3S. The first-order valence-corrected chi connectivity index (χ1v) is 12.3. The van der Waals surface area contributed by atoms with Crippen LogP contribution >= 0.6 is 0 Å². The van der Waals surface area contributed by atoms with Gasteiger partial charge in [0.15, 0.2) is 5.76 Å². The summed E-state index contributed by atoms with van der Waals surface area (Å²) in [4.78, 5) is 0.0365. The third-order valence-corrected chi connectivity index (χ3v) is 8.23. The molecule has 170 valence electrons. The molecule has 3 aromatic rings. The zero-order valence-corrected chi connectivity index (χ0v) is 19.6. The molecule has 2 heterocycles. The minimum Gasteiger partial charge on any atom is -0.439 e. The number of para-hydroxylation sites is 1. The van der Waals surface area contributed by atoms with Gasteiger partial charge < -0.3 is 10.5 Å². The first-order chi connectivity index (χ1) is 16.3. The molecule has 1 atom stereocenters. The summed E-state index contributed by atoms with van der Waals surface area (Å²) in [5.41, 5.74) is 11.0. The van der Waals surface area contributed by atoms with Gasteiger partial charge in [-0.1, -0.05) is 66.2 Å². The number of benzene rings is 3. The number of hydrogen-bond donors (Lipinski definition) is 1. The van der Waals surface area contributed by atoms with Crippen LogP contribution in [0.1, 0.15) is 33.7 Å². The van der Waals surface area contributed by atoms with Crippen LogP contribution in [0, 0.1) is 25.2 Å². The molecule has 2 aliphatic rings. The van der Waals surface area contributed by atoms with Crippen LogP contribution in [0.4, 0.5) is 5.69 Å². The Labute approximate surface area is 199 Å². The minimum absolute atomic E-state index is 0.0365. The van der Waals surface area contributed by atoms with Gasteiger partial charge in [-0.15, -0.1) is 0 Å². The summed E-state index contributed by atoms with van der Waals surface area (Å²) >= 11 is 0. The summed E-state index contributed by atoms with van der Waals surface area (Å²) in [5, 5.41) is 9.94. The normalized spacial score (nSPS) is 18.6. The maximum atomic E-state index is 14.3. The highest BCUT2D eigenvalue weighted by Gasteiger charge is 2.47. The molecule has 3 aromatic carbocycles. The molecule has 2 aliphatic heterocycles. The average molecular weight is 470 g/mol. The van der Waals surface area contributed by atoms with Gasteiger partial charge in [-0.2, -0.15) is 5.26 Å².